The summed E-state index contributed by atoms with van der Waals surface area (Å²) >= 11 is 0. The van der Waals surface area contributed by atoms with Gasteiger partial charge in [0.05, 0.1) is 4.92 Å². The van der Waals surface area contributed by atoms with E-state index in [0.717, 1.165) is 25.0 Å². The Hall–Kier alpha value is -1.86. The number of amides is 1. The minimum absolute atomic E-state index is 0. The number of phenols is 1. The summed E-state index contributed by atoms with van der Waals surface area (Å²) in [5.41, 5.74) is 5.57. The summed E-state index contributed by atoms with van der Waals surface area (Å²) in [6.07, 6.45) is 1.75. The Morgan fingerprint density at radius 3 is 2.77 bits per heavy atom. The van der Waals surface area contributed by atoms with E-state index in [1.54, 1.807) is 4.90 Å². The maximum Gasteiger partial charge on any atom is 0.310 e. The number of aromatic hydroxyl groups is 1. The highest BCUT2D eigenvalue weighted by molar-refractivity contribution is 5.95. The zero-order valence-electron chi connectivity index (χ0n) is 12.3. The van der Waals surface area contributed by atoms with Gasteiger partial charge in [-0.25, -0.2) is 0 Å². The van der Waals surface area contributed by atoms with E-state index < -0.39 is 16.4 Å². The minimum atomic E-state index is -0.686. The van der Waals surface area contributed by atoms with E-state index in [0.29, 0.717) is 19.0 Å². The summed E-state index contributed by atoms with van der Waals surface area (Å²) in [4.78, 5) is 24.2. The molecular weight excluding hydrogens is 310 g/mol. The summed E-state index contributed by atoms with van der Waals surface area (Å²) in [6.45, 7) is 3.12. The third-order valence-electron chi connectivity index (χ3n) is 3.93. The molecular formula is C14H20ClN3O4. The number of piperidine rings is 1. The van der Waals surface area contributed by atoms with Gasteiger partial charge in [0.15, 0.2) is 5.75 Å². The first-order chi connectivity index (χ1) is 9.93. The lowest BCUT2D eigenvalue weighted by atomic mass is 9.92. The van der Waals surface area contributed by atoms with Crippen LogP contribution in [0, 0.1) is 16.0 Å². The lowest BCUT2D eigenvalue weighted by molar-refractivity contribution is -0.385. The van der Waals surface area contributed by atoms with Crippen molar-refractivity contribution in [3.8, 4) is 5.75 Å². The molecule has 1 saturated heterocycles. The van der Waals surface area contributed by atoms with Gasteiger partial charge in [-0.2, -0.15) is 0 Å². The number of benzene rings is 1. The highest BCUT2D eigenvalue weighted by Crippen LogP contribution is 2.29. The van der Waals surface area contributed by atoms with Crippen molar-refractivity contribution in [2.75, 3.05) is 13.1 Å². The van der Waals surface area contributed by atoms with Gasteiger partial charge in [-0.3, -0.25) is 14.9 Å². The van der Waals surface area contributed by atoms with Gasteiger partial charge in [-0.15, -0.1) is 12.4 Å². The first kappa shape index (κ1) is 18.2. The summed E-state index contributed by atoms with van der Waals surface area (Å²) < 4.78 is 0. The molecule has 0 bridgehead atoms. The van der Waals surface area contributed by atoms with Crippen molar-refractivity contribution >= 4 is 24.0 Å². The number of hydrogen-bond donors (Lipinski definition) is 2. The molecule has 2 atom stereocenters. The first-order valence-corrected chi connectivity index (χ1v) is 6.92. The molecule has 0 radical (unpaired) electrons. The van der Waals surface area contributed by atoms with E-state index in [4.69, 9.17) is 5.73 Å². The fourth-order valence-electron chi connectivity index (χ4n) is 2.72. The average molecular weight is 330 g/mol. The maximum atomic E-state index is 12.5. The number of phenolic OH excluding ortho intramolecular Hbond substituents is 1. The standard InChI is InChI=1S/C14H19N3O4.ClH/c1-9-4-5-16(11(6-9)8-15)14(19)10-2-3-12(17(20)21)13(18)7-10;/h2-3,7,9,11,18H,4-6,8,15H2,1H3;1H. The molecule has 1 amide bonds. The van der Waals surface area contributed by atoms with Gasteiger partial charge >= 0.3 is 5.69 Å². The van der Waals surface area contributed by atoms with Gasteiger partial charge in [0.2, 0.25) is 0 Å². The number of halogens is 1. The van der Waals surface area contributed by atoms with E-state index in [1.165, 1.54) is 6.07 Å². The third kappa shape index (κ3) is 3.66. The zero-order chi connectivity index (χ0) is 15.6. The molecule has 3 N–H and O–H groups in total. The Balaban J connectivity index is 0.00000242. The van der Waals surface area contributed by atoms with Crippen molar-refractivity contribution in [3.63, 3.8) is 0 Å². The number of nitrogens with two attached hydrogens (primary N) is 1. The largest absolute Gasteiger partial charge is 0.502 e. The quantitative estimate of drug-likeness (QED) is 0.650. The third-order valence-corrected chi connectivity index (χ3v) is 3.93. The lowest BCUT2D eigenvalue weighted by Crippen LogP contribution is -2.49. The van der Waals surface area contributed by atoms with Crippen molar-refractivity contribution in [1.29, 1.82) is 0 Å². The minimum Gasteiger partial charge on any atom is -0.502 e. The van der Waals surface area contributed by atoms with Gasteiger partial charge in [0.25, 0.3) is 5.91 Å². The van der Waals surface area contributed by atoms with Crippen LogP contribution in [0.2, 0.25) is 0 Å². The van der Waals surface area contributed by atoms with E-state index in [2.05, 4.69) is 6.92 Å². The molecule has 122 valence electrons. The van der Waals surface area contributed by atoms with Gasteiger partial charge in [0.1, 0.15) is 0 Å². The van der Waals surface area contributed by atoms with Crippen molar-refractivity contribution in [2.45, 2.75) is 25.8 Å². The molecule has 0 saturated carbocycles. The number of nitro benzene ring substituents is 1. The van der Waals surface area contributed by atoms with Crippen molar-refractivity contribution in [3.05, 3.63) is 33.9 Å². The topological polar surface area (TPSA) is 110 Å². The number of rotatable bonds is 3. The van der Waals surface area contributed by atoms with E-state index in [1.807, 2.05) is 0 Å². The second-order valence-electron chi connectivity index (χ2n) is 5.48. The molecule has 1 heterocycles. The fraction of sp³-hybridized carbons (Fsp3) is 0.500. The van der Waals surface area contributed by atoms with E-state index in [9.17, 15) is 20.0 Å². The zero-order valence-corrected chi connectivity index (χ0v) is 13.1. The summed E-state index contributed by atoms with van der Waals surface area (Å²) in [7, 11) is 0. The monoisotopic (exact) mass is 329 g/mol. The Morgan fingerprint density at radius 1 is 1.55 bits per heavy atom. The molecule has 7 nitrogen and oxygen atoms in total. The number of carbonyl (C=O) groups is 1. The van der Waals surface area contributed by atoms with Crippen LogP contribution in [0.3, 0.4) is 0 Å². The Kier molecular flexibility index (Phi) is 6.13. The molecule has 1 fully saturated rings. The molecule has 0 aromatic heterocycles. The molecule has 1 aromatic carbocycles. The van der Waals surface area contributed by atoms with Crippen LogP contribution < -0.4 is 5.73 Å². The Labute approximate surface area is 134 Å². The van der Waals surface area contributed by atoms with Crippen LogP contribution in [0.15, 0.2) is 18.2 Å². The predicted octanol–water partition coefficient (Wildman–Crippen LogP) is 1.92. The number of carbonyl (C=O) groups excluding carboxylic acids is 1. The van der Waals surface area contributed by atoms with Gasteiger partial charge in [-0.05, 0) is 30.9 Å². The van der Waals surface area contributed by atoms with Crippen LogP contribution >= 0.6 is 12.4 Å². The van der Waals surface area contributed by atoms with Gasteiger partial charge < -0.3 is 15.7 Å². The molecule has 1 aliphatic heterocycles. The number of nitro groups is 1. The Morgan fingerprint density at radius 2 is 2.23 bits per heavy atom. The molecule has 0 spiro atoms. The molecule has 2 rings (SSSR count). The highest BCUT2D eigenvalue weighted by atomic mass is 35.5. The molecule has 2 unspecified atom stereocenters. The smallest absolute Gasteiger partial charge is 0.310 e. The summed E-state index contributed by atoms with van der Waals surface area (Å²) in [6, 6.07) is 3.63. The van der Waals surface area contributed by atoms with Crippen LogP contribution in [-0.2, 0) is 0 Å². The van der Waals surface area contributed by atoms with Crippen molar-refractivity contribution in [2.24, 2.45) is 11.7 Å². The van der Waals surface area contributed by atoms with Crippen LogP contribution in [0.25, 0.3) is 0 Å². The van der Waals surface area contributed by atoms with Crippen LogP contribution in [-0.4, -0.2) is 40.0 Å². The SMILES string of the molecule is CC1CCN(C(=O)c2ccc([N+](=O)[O-])c(O)c2)C(CN)C1.Cl. The second kappa shape index (κ2) is 7.42. The number of hydrogen-bond acceptors (Lipinski definition) is 5. The fourth-order valence-corrected chi connectivity index (χ4v) is 2.72. The first-order valence-electron chi connectivity index (χ1n) is 6.92. The number of likely N-dealkylation sites (tertiary alicyclic amines) is 1. The normalized spacial score (nSPS) is 21.1. The molecule has 1 aliphatic rings. The molecule has 0 aliphatic carbocycles. The molecule has 22 heavy (non-hydrogen) atoms. The van der Waals surface area contributed by atoms with E-state index >= 15 is 0 Å². The molecule has 1 aromatic rings. The van der Waals surface area contributed by atoms with Gasteiger partial charge in [-0.1, -0.05) is 6.92 Å². The van der Waals surface area contributed by atoms with E-state index in [-0.39, 0.29) is 29.9 Å². The van der Waals surface area contributed by atoms with Gasteiger partial charge in [0, 0.05) is 30.8 Å². The average Bonchev–Trinajstić information content (AvgIpc) is 2.45. The highest BCUT2D eigenvalue weighted by Gasteiger charge is 2.30. The Bertz CT molecular complexity index is 567. The van der Waals surface area contributed by atoms with Crippen LogP contribution in [0.5, 0.6) is 5.75 Å². The predicted molar refractivity (Wildman–Crippen MR) is 84.3 cm³/mol. The maximum absolute atomic E-state index is 12.5. The summed E-state index contributed by atoms with van der Waals surface area (Å²) in [5.74, 6) is -0.226. The number of nitrogens with zero attached hydrogens (tertiary/aromatic N) is 2. The molecule has 8 heteroatoms. The van der Waals surface area contributed by atoms with Crippen LogP contribution in [0.4, 0.5) is 5.69 Å². The van der Waals surface area contributed by atoms with Crippen LogP contribution in [0.1, 0.15) is 30.1 Å². The summed E-state index contributed by atoms with van der Waals surface area (Å²) in [5, 5.41) is 20.3. The van der Waals surface area contributed by atoms with Crippen molar-refractivity contribution in [1.82, 2.24) is 4.90 Å². The van der Waals surface area contributed by atoms with Crippen molar-refractivity contribution < 1.29 is 14.8 Å². The second-order valence-corrected chi connectivity index (χ2v) is 5.48. The lowest BCUT2D eigenvalue weighted by Gasteiger charge is -2.38.